The van der Waals surface area contributed by atoms with E-state index in [4.69, 9.17) is 9.72 Å². The summed E-state index contributed by atoms with van der Waals surface area (Å²) in [7, 11) is 0. The molecule has 1 aliphatic carbocycles. The molecule has 1 aromatic carbocycles. The van der Waals surface area contributed by atoms with Crippen molar-refractivity contribution in [3.63, 3.8) is 0 Å². The van der Waals surface area contributed by atoms with E-state index in [1.165, 1.54) is 6.42 Å². The van der Waals surface area contributed by atoms with Crippen molar-refractivity contribution >= 4 is 28.7 Å². The number of rotatable bonds is 4. The van der Waals surface area contributed by atoms with Crippen LogP contribution in [-0.2, 0) is 16.1 Å². The van der Waals surface area contributed by atoms with Gasteiger partial charge in [-0.2, -0.15) is 0 Å². The van der Waals surface area contributed by atoms with Gasteiger partial charge in [-0.05, 0) is 38.7 Å². The summed E-state index contributed by atoms with van der Waals surface area (Å²) in [5.74, 6) is -0.709. The highest BCUT2D eigenvalue weighted by Gasteiger charge is 2.39. The molecule has 0 spiro atoms. The molecule has 2 amide bonds. The maximum atomic E-state index is 13.9. The summed E-state index contributed by atoms with van der Waals surface area (Å²) in [5.41, 5.74) is 2.40. The van der Waals surface area contributed by atoms with E-state index in [2.05, 4.69) is 0 Å². The third-order valence-corrected chi connectivity index (χ3v) is 7.34. The lowest BCUT2D eigenvalue weighted by atomic mass is 9.94. The summed E-state index contributed by atoms with van der Waals surface area (Å²) in [6, 6.07) is 7.78. The van der Waals surface area contributed by atoms with E-state index >= 15 is 0 Å². The van der Waals surface area contributed by atoms with E-state index in [1.54, 1.807) is 11.8 Å². The number of nitrogens with zero attached hydrogens (tertiary/aromatic N) is 3. The van der Waals surface area contributed by atoms with Crippen molar-refractivity contribution in [1.82, 2.24) is 14.8 Å². The molecule has 1 aromatic heterocycles. The number of hydrogen-bond acceptors (Lipinski definition) is 5. The average molecular weight is 450 g/mol. The number of pyridine rings is 1. The van der Waals surface area contributed by atoms with Gasteiger partial charge in [0.05, 0.1) is 23.6 Å². The van der Waals surface area contributed by atoms with Crippen LogP contribution in [0.1, 0.15) is 78.3 Å². The van der Waals surface area contributed by atoms with Gasteiger partial charge >= 0.3 is 5.97 Å². The largest absolute Gasteiger partial charge is 0.466 e. The Morgan fingerprint density at radius 3 is 2.67 bits per heavy atom. The summed E-state index contributed by atoms with van der Waals surface area (Å²) in [6.45, 7) is 3.52. The molecule has 0 N–H and O–H groups in total. The Labute approximate surface area is 194 Å². The molecule has 7 heteroatoms. The fourth-order valence-electron chi connectivity index (χ4n) is 5.66. The molecule has 3 heterocycles. The second-order valence-corrected chi connectivity index (χ2v) is 9.40. The minimum Gasteiger partial charge on any atom is -0.466 e. The molecule has 3 aliphatic rings. The second-order valence-electron chi connectivity index (χ2n) is 9.40. The van der Waals surface area contributed by atoms with Gasteiger partial charge in [-0.25, -0.2) is 4.98 Å². The summed E-state index contributed by atoms with van der Waals surface area (Å²) < 4.78 is 5.22. The maximum Gasteiger partial charge on any atom is 0.310 e. The smallest absolute Gasteiger partial charge is 0.310 e. The number of esters is 1. The minimum atomic E-state index is -0.302. The highest BCUT2D eigenvalue weighted by Crippen LogP contribution is 2.35. The van der Waals surface area contributed by atoms with Crippen LogP contribution in [0.25, 0.3) is 10.9 Å². The van der Waals surface area contributed by atoms with Crippen molar-refractivity contribution in [1.29, 1.82) is 0 Å². The van der Waals surface area contributed by atoms with Gasteiger partial charge in [0.1, 0.15) is 5.69 Å². The van der Waals surface area contributed by atoms with Gasteiger partial charge < -0.3 is 14.5 Å². The zero-order valence-corrected chi connectivity index (χ0v) is 19.2. The Balaban J connectivity index is 1.51. The average Bonchev–Trinajstić information content (AvgIpc) is 3.18. The molecule has 0 radical (unpaired) electrons. The van der Waals surface area contributed by atoms with Crippen LogP contribution in [0.4, 0.5) is 0 Å². The maximum absolute atomic E-state index is 13.9. The first-order chi connectivity index (χ1) is 16.1. The first kappa shape index (κ1) is 21.9. The van der Waals surface area contributed by atoms with Gasteiger partial charge in [-0.1, -0.05) is 37.5 Å². The predicted molar refractivity (Wildman–Crippen MR) is 124 cm³/mol. The Morgan fingerprint density at radius 2 is 1.88 bits per heavy atom. The SMILES string of the molecule is CCOC(=O)[C@H]1CCCN(C(=O)c2c3c(nc4ccccc24)C(=O)N(C2CCCCC2)C3)C1. The number of carbonyl (C=O) groups is 3. The number of fused-ring (bicyclic) bond motifs is 2. The van der Waals surface area contributed by atoms with Crippen LogP contribution in [0.5, 0.6) is 0 Å². The zero-order chi connectivity index (χ0) is 22.9. The van der Waals surface area contributed by atoms with Crippen LogP contribution in [0.2, 0.25) is 0 Å². The van der Waals surface area contributed by atoms with Gasteiger partial charge in [0.25, 0.3) is 11.8 Å². The molecule has 7 nitrogen and oxygen atoms in total. The predicted octanol–water partition coefficient (Wildman–Crippen LogP) is 3.94. The Morgan fingerprint density at radius 1 is 1.09 bits per heavy atom. The molecule has 5 rings (SSSR count). The third kappa shape index (κ3) is 3.98. The summed E-state index contributed by atoms with van der Waals surface area (Å²) in [4.78, 5) is 48.0. The molecule has 2 fully saturated rings. The van der Waals surface area contributed by atoms with E-state index in [0.717, 1.165) is 49.5 Å². The number of aromatic nitrogens is 1. The lowest BCUT2D eigenvalue weighted by Gasteiger charge is -2.32. The van der Waals surface area contributed by atoms with Crippen molar-refractivity contribution in [2.75, 3.05) is 19.7 Å². The lowest BCUT2D eigenvalue weighted by Crippen LogP contribution is -2.43. The van der Waals surface area contributed by atoms with Crippen molar-refractivity contribution in [2.45, 2.75) is 64.5 Å². The summed E-state index contributed by atoms with van der Waals surface area (Å²) >= 11 is 0. The number of ether oxygens (including phenoxy) is 1. The Bertz CT molecular complexity index is 1090. The van der Waals surface area contributed by atoms with Crippen molar-refractivity contribution < 1.29 is 19.1 Å². The monoisotopic (exact) mass is 449 g/mol. The fourth-order valence-corrected chi connectivity index (χ4v) is 5.66. The molecule has 33 heavy (non-hydrogen) atoms. The number of amides is 2. The second kappa shape index (κ2) is 9.12. The molecule has 2 aliphatic heterocycles. The first-order valence-electron chi connectivity index (χ1n) is 12.3. The molecular weight excluding hydrogens is 418 g/mol. The first-order valence-corrected chi connectivity index (χ1v) is 12.3. The fraction of sp³-hybridized carbons (Fsp3) is 0.538. The van der Waals surface area contributed by atoms with Crippen molar-refractivity contribution in [2.24, 2.45) is 5.92 Å². The van der Waals surface area contributed by atoms with E-state index in [9.17, 15) is 14.4 Å². The van der Waals surface area contributed by atoms with E-state index in [1.807, 2.05) is 29.2 Å². The zero-order valence-electron chi connectivity index (χ0n) is 19.2. The number of para-hydroxylation sites is 1. The highest BCUT2D eigenvalue weighted by molar-refractivity contribution is 6.12. The van der Waals surface area contributed by atoms with Crippen LogP contribution >= 0.6 is 0 Å². The van der Waals surface area contributed by atoms with E-state index in [-0.39, 0.29) is 29.7 Å². The van der Waals surface area contributed by atoms with Gasteiger partial charge in [0.15, 0.2) is 0 Å². The Kier molecular flexibility index (Phi) is 6.04. The van der Waals surface area contributed by atoms with Crippen molar-refractivity contribution in [3.05, 3.63) is 41.1 Å². The van der Waals surface area contributed by atoms with Crippen LogP contribution in [0.3, 0.4) is 0 Å². The summed E-state index contributed by atoms with van der Waals surface area (Å²) in [5, 5.41) is 0.776. The topological polar surface area (TPSA) is 79.8 Å². The van der Waals surface area contributed by atoms with Gasteiger partial charge in [-0.15, -0.1) is 0 Å². The number of likely N-dealkylation sites (tertiary alicyclic amines) is 1. The van der Waals surface area contributed by atoms with Gasteiger partial charge in [0, 0.05) is 36.6 Å². The Hall–Kier alpha value is -2.96. The molecule has 0 bridgehead atoms. The third-order valence-electron chi connectivity index (χ3n) is 7.34. The highest BCUT2D eigenvalue weighted by atomic mass is 16.5. The number of benzene rings is 1. The standard InChI is InChI=1S/C26H31N3O4/c1-2-33-26(32)17-9-8-14-28(15-17)24(30)22-19-12-6-7-13-21(19)27-23-20(22)16-29(25(23)31)18-10-4-3-5-11-18/h6-7,12-13,17-18H,2-5,8-11,14-16H2,1H3/t17-/m0/s1. The molecule has 1 saturated carbocycles. The van der Waals surface area contributed by atoms with Crippen LogP contribution in [0.15, 0.2) is 24.3 Å². The van der Waals surface area contributed by atoms with Crippen molar-refractivity contribution in [3.8, 4) is 0 Å². The van der Waals surface area contributed by atoms with Gasteiger partial charge in [-0.3, -0.25) is 14.4 Å². The minimum absolute atomic E-state index is 0.0558. The van der Waals surface area contributed by atoms with Crippen LogP contribution in [0, 0.1) is 5.92 Å². The molecular formula is C26H31N3O4. The number of piperidine rings is 1. The lowest BCUT2D eigenvalue weighted by molar-refractivity contribution is -0.149. The van der Waals surface area contributed by atoms with Crippen LogP contribution < -0.4 is 0 Å². The molecule has 0 unspecified atom stereocenters. The normalized spacial score (nSPS) is 21.4. The number of hydrogen-bond donors (Lipinski definition) is 0. The van der Waals surface area contributed by atoms with Gasteiger partial charge in [0.2, 0.25) is 0 Å². The summed E-state index contributed by atoms with van der Waals surface area (Å²) in [6.07, 6.45) is 6.99. The number of carbonyl (C=O) groups excluding carboxylic acids is 3. The molecule has 1 saturated heterocycles. The van der Waals surface area contributed by atoms with E-state index < -0.39 is 0 Å². The van der Waals surface area contributed by atoms with Crippen LogP contribution in [-0.4, -0.2) is 58.3 Å². The quantitative estimate of drug-likeness (QED) is 0.661. The molecule has 174 valence electrons. The molecule has 1 atom stereocenters. The molecule has 2 aromatic rings. The van der Waals surface area contributed by atoms with E-state index in [0.29, 0.717) is 43.0 Å².